The normalized spacial score (nSPS) is 15.4. The molecule has 0 bridgehead atoms. The highest BCUT2D eigenvalue weighted by Gasteiger charge is 2.33. The van der Waals surface area contributed by atoms with Crippen LogP contribution in [0.1, 0.15) is 41.2 Å². The lowest BCUT2D eigenvalue weighted by Crippen LogP contribution is -2.25. The van der Waals surface area contributed by atoms with Crippen molar-refractivity contribution in [3.05, 3.63) is 77.2 Å². The zero-order valence-corrected chi connectivity index (χ0v) is 24.4. The van der Waals surface area contributed by atoms with Gasteiger partial charge in [-0.1, -0.05) is 42.1 Å². The first-order chi connectivity index (χ1) is 20.7. The maximum absolute atomic E-state index is 12.5. The summed E-state index contributed by atoms with van der Waals surface area (Å²) in [6, 6.07) is 20.4. The summed E-state index contributed by atoms with van der Waals surface area (Å²) in [4.78, 5) is 21.3. The van der Waals surface area contributed by atoms with Crippen LogP contribution in [0.3, 0.4) is 0 Å². The highest BCUT2D eigenvalue weighted by Crippen LogP contribution is 2.38. The average Bonchev–Trinajstić information content (AvgIpc) is 3.61. The van der Waals surface area contributed by atoms with Crippen molar-refractivity contribution in [2.75, 3.05) is 26.1 Å². The van der Waals surface area contributed by atoms with Gasteiger partial charge >= 0.3 is 5.97 Å². The zero-order chi connectivity index (χ0) is 30.6. The van der Waals surface area contributed by atoms with Gasteiger partial charge in [0, 0.05) is 16.9 Å². The summed E-state index contributed by atoms with van der Waals surface area (Å²) in [5.74, 6) is -0.457. The zero-order valence-electron chi connectivity index (χ0n) is 23.6. The van der Waals surface area contributed by atoms with E-state index in [4.69, 9.17) is 29.1 Å². The third kappa shape index (κ3) is 6.47. The lowest BCUT2D eigenvalue weighted by atomic mass is 9.97. The van der Waals surface area contributed by atoms with Gasteiger partial charge in [-0.25, -0.2) is 14.8 Å². The van der Waals surface area contributed by atoms with Gasteiger partial charge in [0.2, 0.25) is 11.7 Å². The third-order valence-electron chi connectivity index (χ3n) is 6.50. The van der Waals surface area contributed by atoms with Gasteiger partial charge in [-0.2, -0.15) is 10.5 Å². The lowest BCUT2D eigenvalue weighted by molar-refractivity contribution is -0.141. The van der Waals surface area contributed by atoms with Crippen LogP contribution in [0.15, 0.2) is 64.0 Å². The number of ether oxygens (including phenoxy) is 4. The number of oxazole rings is 1. The number of thioether (sulfide) groups is 1. The molecule has 0 saturated carbocycles. The van der Waals surface area contributed by atoms with E-state index in [0.717, 1.165) is 11.8 Å². The Morgan fingerprint density at radius 3 is 2.42 bits per heavy atom. The Morgan fingerprint density at radius 2 is 1.79 bits per heavy atom. The second kappa shape index (κ2) is 12.5. The number of carbonyl (C=O) groups is 1. The van der Waals surface area contributed by atoms with Crippen molar-refractivity contribution in [1.82, 2.24) is 9.97 Å². The molecule has 1 fully saturated rings. The fourth-order valence-electron chi connectivity index (χ4n) is 4.49. The number of nitrogens with two attached hydrogens (primary N) is 1. The van der Waals surface area contributed by atoms with Crippen molar-refractivity contribution in [3.8, 4) is 40.5 Å². The van der Waals surface area contributed by atoms with Crippen molar-refractivity contribution in [1.29, 1.82) is 10.5 Å². The fraction of sp³-hybridized carbons (Fsp3) is 0.258. The molecule has 1 saturated heterocycles. The van der Waals surface area contributed by atoms with Crippen molar-refractivity contribution in [2.24, 2.45) is 0 Å². The predicted molar refractivity (Wildman–Crippen MR) is 157 cm³/mol. The molecule has 1 atom stereocenters. The summed E-state index contributed by atoms with van der Waals surface area (Å²) in [5.41, 5.74) is 8.37. The molecule has 218 valence electrons. The van der Waals surface area contributed by atoms with E-state index < -0.39 is 11.8 Å². The van der Waals surface area contributed by atoms with Crippen LogP contribution in [0.4, 0.5) is 5.82 Å². The molecule has 4 aromatic rings. The van der Waals surface area contributed by atoms with Crippen LogP contribution < -0.4 is 10.5 Å². The van der Waals surface area contributed by atoms with Crippen molar-refractivity contribution < 1.29 is 28.2 Å². The van der Waals surface area contributed by atoms with Gasteiger partial charge in [0.25, 0.3) is 0 Å². The van der Waals surface area contributed by atoms with Crippen molar-refractivity contribution >= 4 is 23.5 Å². The molecule has 0 spiro atoms. The fourth-order valence-corrected chi connectivity index (χ4v) is 5.41. The van der Waals surface area contributed by atoms with Gasteiger partial charge in [-0.3, -0.25) is 0 Å². The molecule has 12 heteroatoms. The number of anilines is 1. The smallest absolute Gasteiger partial charge is 0.376 e. The first-order valence-corrected chi connectivity index (χ1v) is 14.2. The number of rotatable bonds is 9. The van der Waals surface area contributed by atoms with E-state index in [9.17, 15) is 15.3 Å². The molecule has 2 aromatic carbocycles. The SMILES string of the molecule is COC(=O)c1oc(-c2ccccc2)nc1CSc1nc(N)c(C#N)c(-c2ccc(OC[C@H]3COC(C)(C)O3)cc2)c1C#N. The number of methoxy groups -OCH3 is 1. The van der Waals surface area contributed by atoms with Crippen LogP contribution >= 0.6 is 11.8 Å². The Morgan fingerprint density at radius 1 is 1.07 bits per heavy atom. The Hall–Kier alpha value is -4.88. The molecule has 0 aliphatic carbocycles. The summed E-state index contributed by atoms with van der Waals surface area (Å²) in [5, 5.41) is 20.4. The third-order valence-corrected chi connectivity index (χ3v) is 7.48. The summed E-state index contributed by atoms with van der Waals surface area (Å²) < 4.78 is 27.8. The summed E-state index contributed by atoms with van der Waals surface area (Å²) in [6.45, 7) is 4.43. The Balaban J connectivity index is 1.42. The standard InChI is InChI=1S/C31H27N5O6S/c1-31(2)40-16-21(42-31)15-39-20-11-9-18(10-12-20)25-22(13-32)27(34)36-29(23(25)14-33)43-17-24-26(30(37)38-3)41-28(35-24)19-7-5-4-6-8-19/h4-12,21H,15-17H2,1-3H3,(H2,34,36)/t21-/m0/s1. The van der Waals surface area contributed by atoms with E-state index >= 15 is 0 Å². The first-order valence-electron chi connectivity index (χ1n) is 13.2. The monoisotopic (exact) mass is 597 g/mol. The Bertz CT molecular complexity index is 1720. The highest BCUT2D eigenvalue weighted by molar-refractivity contribution is 7.98. The summed E-state index contributed by atoms with van der Waals surface area (Å²) in [7, 11) is 1.25. The molecule has 2 aromatic heterocycles. The van der Waals surface area contributed by atoms with E-state index in [-0.39, 0.29) is 45.5 Å². The van der Waals surface area contributed by atoms with Crippen LogP contribution in [0.5, 0.6) is 5.75 Å². The quantitative estimate of drug-likeness (QED) is 0.195. The summed E-state index contributed by atoms with van der Waals surface area (Å²) >= 11 is 1.14. The second-order valence-electron chi connectivity index (χ2n) is 9.88. The van der Waals surface area contributed by atoms with Crippen LogP contribution in [0.2, 0.25) is 0 Å². The van der Waals surface area contributed by atoms with Crippen LogP contribution in [0, 0.1) is 22.7 Å². The number of nitriles is 2. The molecule has 0 unspecified atom stereocenters. The topological polar surface area (TPSA) is 167 Å². The largest absolute Gasteiger partial charge is 0.491 e. The van der Waals surface area contributed by atoms with Crippen molar-refractivity contribution in [2.45, 2.75) is 36.5 Å². The molecule has 5 rings (SSSR count). The van der Waals surface area contributed by atoms with E-state index in [0.29, 0.717) is 41.3 Å². The number of benzene rings is 2. The van der Waals surface area contributed by atoms with Crippen LogP contribution in [-0.2, 0) is 20.0 Å². The number of esters is 1. The second-order valence-corrected chi connectivity index (χ2v) is 10.8. The minimum absolute atomic E-state index is 0.0290. The average molecular weight is 598 g/mol. The van der Waals surface area contributed by atoms with E-state index in [1.165, 1.54) is 7.11 Å². The van der Waals surface area contributed by atoms with Gasteiger partial charge in [0.05, 0.1) is 19.3 Å². The van der Waals surface area contributed by atoms with Crippen molar-refractivity contribution in [3.63, 3.8) is 0 Å². The molecule has 3 heterocycles. The molecule has 1 aliphatic rings. The maximum Gasteiger partial charge on any atom is 0.376 e. The van der Waals surface area contributed by atoms with Gasteiger partial charge in [0.1, 0.15) is 52.7 Å². The summed E-state index contributed by atoms with van der Waals surface area (Å²) in [6.07, 6.45) is -0.196. The molecular weight excluding hydrogens is 570 g/mol. The highest BCUT2D eigenvalue weighted by atomic mass is 32.2. The minimum Gasteiger partial charge on any atom is -0.491 e. The molecule has 1 aliphatic heterocycles. The van der Waals surface area contributed by atoms with Crippen LogP contribution in [0.25, 0.3) is 22.6 Å². The Labute approximate surface area is 252 Å². The number of aromatic nitrogens is 2. The van der Waals surface area contributed by atoms with E-state index in [2.05, 4.69) is 22.1 Å². The molecular formula is C31H27N5O6S. The Kier molecular flexibility index (Phi) is 8.64. The van der Waals surface area contributed by atoms with Gasteiger partial charge < -0.3 is 29.1 Å². The molecule has 11 nitrogen and oxygen atoms in total. The lowest BCUT2D eigenvalue weighted by Gasteiger charge is -2.17. The van der Waals surface area contributed by atoms with E-state index in [1.807, 2.05) is 32.0 Å². The number of hydrogen-bond donors (Lipinski definition) is 1. The molecule has 2 N–H and O–H groups in total. The first kappa shape index (κ1) is 29.6. The number of carbonyl (C=O) groups excluding carboxylic acids is 1. The number of hydrogen-bond acceptors (Lipinski definition) is 12. The predicted octanol–water partition coefficient (Wildman–Crippen LogP) is 5.34. The molecule has 0 amide bonds. The molecule has 43 heavy (non-hydrogen) atoms. The number of pyridine rings is 1. The van der Waals surface area contributed by atoms with Gasteiger partial charge in [0.15, 0.2) is 5.79 Å². The van der Waals surface area contributed by atoms with Gasteiger partial charge in [-0.15, -0.1) is 0 Å². The van der Waals surface area contributed by atoms with Gasteiger partial charge in [-0.05, 0) is 43.7 Å². The number of nitrogen functional groups attached to an aromatic ring is 1. The maximum atomic E-state index is 12.5. The number of nitrogens with zero attached hydrogens (tertiary/aromatic N) is 4. The van der Waals surface area contributed by atoms with E-state index in [1.54, 1.807) is 36.4 Å². The molecule has 0 radical (unpaired) electrons. The minimum atomic E-state index is -0.684. The van der Waals surface area contributed by atoms with Crippen LogP contribution in [-0.4, -0.2) is 48.2 Å².